The lowest BCUT2D eigenvalue weighted by atomic mass is 9.63. The van der Waals surface area contributed by atoms with Gasteiger partial charge in [-0.2, -0.15) is 26.3 Å². The van der Waals surface area contributed by atoms with Crippen LogP contribution in [0.4, 0.5) is 26.3 Å². The Kier molecular flexibility index (Phi) is 6.96. The summed E-state index contributed by atoms with van der Waals surface area (Å²) in [6.07, 6.45) is -5.15. The molecule has 0 bridgehead atoms. The fourth-order valence-corrected chi connectivity index (χ4v) is 5.58. The van der Waals surface area contributed by atoms with E-state index in [2.05, 4.69) is 0 Å². The van der Waals surface area contributed by atoms with E-state index in [9.17, 15) is 41.7 Å². The third kappa shape index (κ3) is 4.80. The van der Waals surface area contributed by atoms with E-state index in [1.807, 2.05) is 19.1 Å². The molecule has 0 aliphatic heterocycles. The highest BCUT2D eigenvalue weighted by Crippen LogP contribution is 2.57. The lowest BCUT2D eigenvalue weighted by Crippen LogP contribution is -2.56. The van der Waals surface area contributed by atoms with Gasteiger partial charge in [0.1, 0.15) is 0 Å². The van der Waals surface area contributed by atoms with Gasteiger partial charge in [0, 0.05) is 0 Å². The quantitative estimate of drug-likeness (QED) is 0.376. The van der Waals surface area contributed by atoms with Crippen molar-refractivity contribution in [3.8, 4) is 0 Å². The second-order valence-electron chi connectivity index (χ2n) is 9.66. The first-order valence-electron chi connectivity index (χ1n) is 11.0. The summed E-state index contributed by atoms with van der Waals surface area (Å²) in [6, 6.07) is 0. The van der Waals surface area contributed by atoms with E-state index in [1.165, 1.54) is 0 Å². The largest absolute Gasteiger partial charge is 0.426 e. The molecule has 182 valence electrons. The fraction of sp³-hybridized carbons (Fsp3) is 0.739. The number of aliphatic hydroxyl groups excluding tert-OH is 2. The van der Waals surface area contributed by atoms with Gasteiger partial charge >= 0.3 is 12.4 Å². The lowest BCUT2D eigenvalue weighted by Gasteiger charge is -2.42. The molecular formula is C23H30F6O3. The van der Waals surface area contributed by atoms with Crippen molar-refractivity contribution in [3.05, 3.63) is 34.9 Å². The zero-order valence-electron chi connectivity index (χ0n) is 17.9. The van der Waals surface area contributed by atoms with Crippen LogP contribution in [0, 0.1) is 11.3 Å². The highest BCUT2D eigenvalue weighted by Gasteiger charge is 2.69. The molecule has 2 fully saturated rings. The predicted octanol–water partition coefficient (Wildman–Crippen LogP) is 5.52. The van der Waals surface area contributed by atoms with Crippen LogP contribution >= 0.6 is 0 Å². The monoisotopic (exact) mass is 468 g/mol. The Labute approximate surface area is 183 Å². The first-order chi connectivity index (χ1) is 14.7. The van der Waals surface area contributed by atoms with Crippen LogP contribution in [-0.4, -0.2) is 45.5 Å². The molecule has 3 N–H and O–H groups in total. The number of aliphatic hydroxyl groups is 3. The molecule has 0 spiro atoms. The summed E-state index contributed by atoms with van der Waals surface area (Å²) in [5.74, 6) is -0.0218. The van der Waals surface area contributed by atoms with Crippen LogP contribution < -0.4 is 0 Å². The summed E-state index contributed by atoms with van der Waals surface area (Å²) in [5.41, 5.74) is -2.74. The van der Waals surface area contributed by atoms with Crippen molar-refractivity contribution < 1.29 is 41.7 Å². The molecule has 0 heterocycles. The van der Waals surface area contributed by atoms with Gasteiger partial charge in [-0.3, -0.25) is 0 Å². The van der Waals surface area contributed by atoms with Crippen LogP contribution in [0.3, 0.4) is 0 Å². The number of hydrogen-bond donors (Lipinski definition) is 3. The van der Waals surface area contributed by atoms with Gasteiger partial charge in [0.05, 0.1) is 12.2 Å². The van der Waals surface area contributed by atoms with Gasteiger partial charge in [0.15, 0.2) is 0 Å². The molecule has 0 amide bonds. The van der Waals surface area contributed by atoms with Gasteiger partial charge in [-0.05, 0) is 69.1 Å². The molecule has 0 aromatic heterocycles. The Morgan fingerprint density at radius 2 is 1.62 bits per heavy atom. The SMILES string of the molecule is C[C@]12CCC/C(=C\C=C3CC(O)C[C@H](O)C3)C1CC=C2CCC(O)(C(F)(F)F)C(F)(F)F. The van der Waals surface area contributed by atoms with Gasteiger partial charge in [0.2, 0.25) is 0 Å². The van der Waals surface area contributed by atoms with Gasteiger partial charge in [-0.15, -0.1) is 0 Å². The van der Waals surface area contributed by atoms with Crippen LogP contribution in [0.1, 0.15) is 64.7 Å². The summed E-state index contributed by atoms with van der Waals surface area (Å²) in [5, 5.41) is 29.2. The van der Waals surface area contributed by atoms with Crippen LogP contribution in [0.15, 0.2) is 34.9 Å². The maximum Gasteiger partial charge on any atom is 0.426 e. The Balaban J connectivity index is 1.75. The molecule has 32 heavy (non-hydrogen) atoms. The topological polar surface area (TPSA) is 60.7 Å². The van der Waals surface area contributed by atoms with E-state index in [0.717, 1.165) is 24.0 Å². The minimum absolute atomic E-state index is 0.0218. The van der Waals surface area contributed by atoms with E-state index in [-0.39, 0.29) is 5.92 Å². The van der Waals surface area contributed by atoms with Gasteiger partial charge in [-0.25, -0.2) is 0 Å². The molecule has 3 rings (SSSR count). The first-order valence-corrected chi connectivity index (χ1v) is 11.0. The molecule has 0 aromatic rings. The summed E-state index contributed by atoms with van der Waals surface area (Å²) in [4.78, 5) is 0. The Hall–Kier alpha value is -1.32. The van der Waals surface area contributed by atoms with E-state index in [0.29, 0.717) is 37.7 Å². The predicted molar refractivity (Wildman–Crippen MR) is 106 cm³/mol. The highest BCUT2D eigenvalue weighted by atomic mass is 19.4. The number of alkyl halides is 6. The van der Waals surface area contributed by atoms with Gasteiger partial charge in [-0.1, -0.05) is 41.9 Å². The summed E-state index contributed by atoms with van der Waals surface area (Å²) >= 11 is 0. The van der Waals surface area contributed by atoms with Gasteiger partial charge < -0.3 is 15.3 Å². The molecule has 4 atom stereocenters. The van der Waals surface area contributed by atoms with E-state index >= 15 is 0 Å². The van der Waals surface area contributed by atoms with Crippen molar-refractivity contribution >= 4 is 0 Å². The van der Waals surface area contributed by atoms with Crippen molar-refractivity contribution in [2.45, 2.75) is 94.9 Å². The maximum absolute atomic E-state index is 13.1. The van der Waals surface area contributed by atoms with E-state index in [1.54, 1.807) is 6.08 Å². The Morgan fingerprint density at radius 3 is 2.19 bits per heavy atom. The summed E-state index contributed by atoms with van der Waals surface area (Å²) in [7, 11) is 0. The van der Waals surface area contributed by atoms with Crippen molar-refractivity contribution in [3.63, 3.8) is 0 Å². The van der Waals surface area contributed by atoms with Crippen molar-refractivity contribution in [1.82, 2.24) is 0 Å². The maximum atomic E-state index is 13.1. The first kappa shape index (κ1) is 25.3. The number of hydrogen-bond acceptors (Lipinski definition) is 3. The standard InChI is InChI=1S/C23H30F6O3/c1-20-9-2-3-15(5-4-14-11-17(30)13-18(31)12-14)19(20)7-6-16(20)8-10-21(32,22(24,25)26)23(27,28)29/h4-6,17-19,30-32H,2-3,7-13H2,1H3/b14-4?,15-5+/t17-,18?,19?,20-/m1/s1. The van der Waals surface area contributed by atoms with E-state index in [4.69, 9.17) is 0 Å². The highest BCUT2D eigenvalue weighted by molar-refractivity contribution is 5.34. The zero-order chi connectivity index (χ0) is 23.9. The molecule has 2 unspecified atom stereocenters. The van der Waals surface area contributed by atoms with Gasteiger partial charge in [0.25, 0.3) is 5.60 Å². The number of rotatable bonds is 4. The second-order valence-corrected chi connectivity index (χ2v) is 9.66. The number of allylic oxidation sites excluding steroid dienone is 5. The van der Waals surface area contributed by atoms with Crippen LogP contribution in [0.25, 0.3) is 0 Å². The normalized spacial score (nSPS) is 34.7. The lowest BCUT2D eigenvalue weighted by molar-refractivity contribution is -0.369. The molecule has 2 saturated carbocycles. The molecule has 9 heteroatoms. The number of fused-ring (bicyclic) bond motifs is 1. The third-order valence-corrected chi connectivity index (χ3v) is 7.48. The third-order valence-electron chi connectivity index (χ3n) is 7.48. The van der Waals surface area contributed by atoms with Crippen molar-refractivity contribution in [1.29, 1.82) is 0 Å². The molecule has 3 aliphatic rings. The minimum Gasteiger partial charge on any atom is -0.393 e. The molecule has 0 aromatic carbocycles. The fourth-order valence-electron chi connectivity index (χ4n) is 5.58. The average Bonchev–Trinajstić information content (AvgIpc) is 2.98. The molecule has 0 saturated heterocycles. The molecule has 0 radical (unpaired) electrons. The smallest absolute Gasteiger partial charge is 0.393 e. The van der Waals surface area contributed by atoms with Crippen LogP contribution in [0.5, 0.6) is 0 Å². The Bertz CT molecular complexity index is 769. The second kappa shape index (κ2) is 8.80. The number of halogens is 6. The van der Waals surface area contributed by atoms with E-state index < -0.39 is 48.4 Å². The summed E-state index contributed by atoms with van der Waals surface area (Å²) in [6.45, 7) is 1.88. The summed E-state index contributed by atoms with van der Waals surface area (Å²) < 4.78 is 78.3. The van der Waals surface area contributed by atoms with Crippen molar-refractivity contribution in [2.75, 3.05) is 0 Å². The Morgan fingerprint density at radius 1 is 1.03 bits per heavy atom. The van der Waals surface area contributed by atoms with Crippen LogP contribution in [0.2, 0.25) is 0 Å². The van der Waals surface area contributed by atoms with Crippen LogP contribution in [-0.2, 0) is 0 Å². The zero-order valence-corrected chi connectivity index (χ0v) is 17.9. The molecular weight excluding hydrogens is 438 g/mol. The minimum atomic E-state index is -5.80. The van der Waals surface area contributed by atoms with Crippen molar-refractivity contribution in [2.24, 2.45) is 11.3 Å². The average molecular weight is 468 g/mol. The molecule has 3 nitrogen and oxygen atoms in total. The molecule has 3 aliphatic carbocycles.